The summed E-state index contributed by atoms with van der Waals surface area (Å²) in [6, 6.07) is 5.65. The maximum atomic E-state index is 13.9. The maximum absolute atomic E-state index is 13.9. The molecule has 13 nitrogen and oxygen atoms in total. The number of aryl methyl sites for hydroxylation is 1. The molecule has 3 aliphatic heterocycles. The monoisotopic (exact) mass is 604 g/mol. The molecule has 0 aliphatic carbocycles. The molecule has 2 saturated heterocycles. The van der Waals surface area contributed by atoms with Crippen LogP contribution in [0.15, 0.2) is 40.9 Å². The van der Waals surface area contributed by atoms with E-state index >= 15 is 0 Å². The Hall–Kier alpha value is -3.94. The molecule has 0 spiro atoms. The Kier molecular flexibility index (Phi) is 9.87. The molecule has 0 aromatic carbocycles. The highest BCUT2D eigenvalue weighted by atomic mass is 16.6. The molecule has 2 atom stereocenters. The van der Waals surface area contributed by atoms with Gasteiger partial charge >= 0.3 is 6.09 Å². The van der Waals surface area contributed by atoms with Gasteiger partial charge in [-0.3, -0.25) is 9.69 Å². The molecule has 44 heavy (non-hydrogen) atoms. The van der Waals surface area contributed by atoms with E-state index in [0.29, 0.717) is 62.5 Å². The number of ether oxygens (including phenoxy) is 2. The Morgan fingerprint density at radius 1 is 1.20 bits per heavy atom. The highest BCUT2D eigenvalue weighted by Gasteiger charge is 2.44. The second-order valence-electron chi connectivity index (χ2n) is 12.1. The van der Waals surface area contributed by atoms with Crippen molar-refractivity contribution in [2.24, 2.45) is 10.9 Å². The van der Waals surface area contributed by atoms with Gasteiger partial charge in [-0.2, -0.15) is 0 Å². The van der Waals surface area contributed by atoms with Crippen LogP contribution in [0.3, 0.4) is 0 Å². The van der Waals surface area contributed by atoms with Gasteiger partial charge in [0.15, 0.2) is 5.82 Å². The van der Waals surface area contributed by atoms with Crippen LogP contribution in [0.25, 0.3) is 11.5 Å². The van der Waals surface area contributed by atoms with Gasteiger partial charge in [0, 0.05) is 38.2 Å². The molecule has 2 unspecified atom stereocenters. The van der Waals surface area contributed by atoms with Gasteiger partial charge in [-0.05, 0) is 58.6 Å². The van der Waals surface area contributed by atoms with E-state index in [0.717, 1.165) is 43.2 Å². The first-order chi connectivity index (χ1) is 21.2. The third kappa shape index (κ3) is 7.23. The van der Waals surface area contributed by atoms with Crippen molar-refractivity contribution in [2.75, 3.05) is 44.3 Å². The van der Waals surface area contributed by atoms with E-state index in [-0.39, 0.29) is 11.8 Å². The number of alkyl carbamates (subject to hydrolysis) is 1. The van der Waals surface area contributed by atoms with Gasteiger partial charge in [0.25, 0.3) is 0 Å². The number of amidine groups is 1. The Morgan fingerprint density at radius 2 is 2.02 bits per heavy atom. The molecule has 0 bridgehead atoms. The number of fused-ring (bicyclic) bond motifs is 1. The second kappa shape index (κ2) is 13.8. The van der Waals surface area contributed by atoms with E-state index in [1.165, 1.54) is 0 Å². The molecule has 2 fully saturated rings. The lowest BCUT2D eigenvalue weighted by Gasteiger charge is -2.31. The van der Waals surface area contributed by atoms with Crippen LogP contribution in [0.5, 0.6) is 0 Å². The van der Waals surface area contributed by atoms with Crippen LogP contribution in [0.4, 0.5) is 10.6 Å². The molecular formula is C30H43BN9O4. The SMILES string of the molecule is C[B]C1CCCN1C1=NC(NCCOCCNC(=O)OC(C)(C)C)=C2CN(c3cccc(-c4nncn4CC)n3)C(=O)C2C1. The van der Waals surface area contributed by atoms with Gasteiger partial charge in [0.05, 0.1) is 25.7 Å². The van der Waals surface area contributed by atoms with Crippen LogP contribution in [-0.4, -0.2) is 101 Å². The Labute approximate surface area is 259 Å². The summed E-state index contributed by atoms with van der Waals surface area (Å²) < 4.78 is 12.9. The number of nitrogens with zero attached hydrogens (tertiary/aromatic N) is 7. The van der Waals surface area contributed by atoms with Gasteiger partial charge in [0.1, 0.15) is 42.4 Å². The van der Waals surface area contributed by atoms with Gasteiger partial charge in [-0.25, -0.2) is 14.8 Å². The van der Waals surface area contributed by atoms with Crippen LogP contribution in [0, 0.1) is 5.92 Å². The Bertz CT molecular complexity index is 1400. The molecular weight excluding hydrogens is 561 g/mol. The van der Waals surface area contributed by atoms with E-state index in [4.69, 9.17) is 19.5 Å². The average Bonchev–Trinajstić information content (AvgIpc) is 3.74. The minimum absolute atomic E-state index is 0.0222. The van der Waals surface area contributed by atoms with Crippen molar-refractivity contribution in [1.29, 1.82) is 0 Å². The van der Waals surface area contributed by atoms with E-state index in [9.17, 15) is 9.59 Å². The largest absolute Gasteiger partial charge is 0.444 e. The minimum Gasteiger partial charge on any atom is -0.444 e. The van der Waals surface area contributed by atoms with Gasteiger partial charge in [-0.15, -0.1) is 10.2 Å². The molecule has 2 N–H and O–H groups in total. The fraction of sp³-hybridized carbons (Fsp3) is 0.600. The van der Waals surface area contributed by atoms with Crippen LogP contribution in [-0.2, 0) is 20.8 Å². The smallest absolute Gasteiger partial charge is 0.407 e. The van der Waals surface area contributed by atoms with E-state index in [1.54, 1.807) is 11.2 Å². The van der Waals surface area contributed by atoms with Gasteiger partial charge < -0.3 is 29.6 Å². The molecule has 235 valence electrons. The predicted octanol–water partition coefficient (Wildman–Crippen LogP) is 2.64. The normalized spacial score (nSPS) is 20.1. The average molecular weight is 605 g/mol. The Morgan fingerprint density at radius 3 is 2.80 bits per heavy atom. The number of rotatable bonds is 11. The lowest BCUT2D eigenvalue weighted by Crippen LogP contribution is -2.42. The fourth-order valence-electron chi connectivity index (χ4n) is 5.83. The first-order valence-corrected chi connectivity index (χ1v) is 15.5. The lowest BCUT2D eigenvalue weighted by molar-refractivity contribution is -0.119. The van der Waals surface area contributed by atoms with E-state index < -0.39 is 11.7 Å². The molecule has 1 radical (unpaired) electrons. The molecule has 5 heterocycles. The van der Waals surface area contributed by atoms with Crippen LogP contribution >= 0.6 is 0 Å². The molecule has 2 amide bonds. The van der Waals surface area contributed by atoms with Crippen molar-refractivity contribution < 1.29 is 19.1 Å². The fourth-order valence-corrected chi connectivity index (χ4v) is 5.83. The quantitative estimate of drug-likeness (QED) is 0.293. The number of aliphatic imine (C=N–C) groups is 1. The lowest BCUT2D eigenvalue weighted by atomic mass is 9.71. The zero-order chi connectivity index (χ0) is 31.3. The number of likely N-dealkylation sites (tertiary alicyclic amines) is 1. The van der Waals surface area contributed by atoms with E-state index in [1.807, 2.05) is 50.5 Å². The van der Waals surface area contributed by atoms with Crippen LogP contribution in [0.1, 0.15) is 47.0 Å². The van der Waals surface area contributed by atoms with Crippen molar-refractivity contribution in [3.8, 4) is 11.5 Å². The molecule has 14 heteroatoms. The third-order valence-corrected chi connectivity index (χ3v) is 7.91. The standard InChI is InChI=1S/C30H43BN9O4/c1-6-38-19-34-37-27(38)22-9-7-11-24(35-22)40-18-21-20(28(40)41)17-25(39-14-8-10-23(39)31-5)36-26(21)32-12-15-43-16-13-33-29(42)44-30(2,3)4/h7,9,11,19-20,23,32H,6,8,10,12-18H2,1-5H3,(H,33,42). The van der Waals surface area contributed by atoms with Crippen molar-refractivity contribution in [1.82, 2.24) is 35.3 Å². The van der Waals surface area contributed by atoms with Crippen LogP contribution < -0.4 is 15.5 Å². The molecule has 0 saturated carbocycles. The highest BCUT2D eigenvalue weighted by Crippen LogP contribution is 2.37. The summed E-state index contributed by atoms with van der Waals surface area (Å²) >= 11 is 0. The molecule has 2 aromatic heterocycles. The topological polar surface area (TPSA) is 139 Å². The summed E-state index contributed by atoms with van der Waals surface area (Å²) in [5, 5.41) is 14.4. The molecule has 3 aliphatic rings. The van der Waals surface area contributed by atoms with Crippen molar-refractivity contribution in [3.05, 3.63) is 35.9 Å². The predicted molar refractivity (Wildman–Crippen MR) is 168 cm³/mol. The number of carbonyl (C=O) groups is 2. The minimum atomic E-state index is -0.544. The molecule has 2 aromatic rings. The summed E-state index contributed by atoms with van der Waals surface area (Å²) in [4.78, 5) is 39.8. The summed E-state index contributed by atoms with van der Waals surface area (Å²) in [6.45, 7) is 13.3. The first-order valence-electron chi connectivity index (χ1n) is 15.5. The van der Waals surface area contributed by atoms with Crippen LogP contribution in [0.2, 0.25) is 6.82 Å². The zero-order valence-corrected chi connectivity index (χ0v) is 26.4. The number of carbonyl (C=O) groups excluding carboxylic acids is 2. The van der Waals surface area contributed by atoms with E-state index in [2.05, 4.69) is 39.8 Å². The number of amides is 2. The Balaban J connectivity index is 1.28. The van der Waals surface area contributed by atoms with Crippen molar-refractivity contribution in [2.45, 2.75) is 71.9 Å². The summed E-state index contributed by atoms with van der Waals surface area (Å²) in [5.41, 5.74) is 1.09. The summed E-state index contributed by atoms with van der Waals surface area (Å²) in [7, 11) is 2.22. The zero-order valence-electron chi connectivity index (χ0n) is 26.4. The second-order valence-corrected chi connectivity index (χ2v) is 12.1. The number of hydrogen-bond acceptors (Lipinski definition) is 10. The number of nitrogens with one attached hydrogen (secondary N) is 2. The van der Waals surface area contributed by atoms with Gasteiger partial charge in [-0.1, -0.05) is 12.9 Å². The van der Waals surface area contributed by atoms with Crippen molar-refractivity contribution >= 4 is 30.9 Å². The van der Waals surface area contributed by atoms with Gasteiger partial charge in [0.2, 0.25) is 5.91 Å². The summed E-state index contributed by atoms with van der Waals surface area (Å²) in [6.07, 6.45) is 3.97. The third-order valence-electron chi connectivity index (χ3n) is 7.91. The highest BCUT2D eigenvalue weighted by molar-refractivity contribution is 6.36. The van der Waals surface area contributed by atoms with Crippen molar-refractivity contribution in [3.63, 3.8) is 0 Å². The first kappa shape index (κ1) is 31.5. The number of anilines is 1. The number of pyridine rings is 1. The number of hydrogen-bond donors (Lipinski definition) is 2. The maximum Gasteiger partial charge on any atom is 0.407 e. The summed E-state index contributed by atoms with van der Waals surface area (Å²) in [5.74, 6) is 2.95. The number of aromatic nitrogens is 4. The molecule has 5 rings (SSSR count).